The second kappa shape index (κ2) is 4.35. The lowest BCUT2D eigenvalue weighted by atomic mass is 9.96. The van der Waals surface area contributed by atoms with Crippen molar-refractivity contribution >= 4 is 22.8 Å². The van der Waals surface area contributed by atoms with Gasteiger partial charge in [-0.25, -0.2) is 8.78 Å². The molecule has 0 spiro atoms. The minimum atomic E-state index is -3.04. The Hall–Kier alpha value is -0.710. The molecule has 0 aliphatic heterocycles. The molecule has 1 N–H and O–H groups in total. The highest BCUT2D eigenvalue weighted by Gasteiger charge is 2.36. The van der Waals surface area contributed by atoms with Crippen LogP contribution in [0.2, 0.25) is 0 Å². The van der Waals surface area contributed by atoms with E-state index in [1.165, 1.54) is 0 Å². The van der Waals surface area contributed by atoms with Gasteiger partial charge in [-0.05, 0) is 11.6 Å². The third-order valence-electron chi connectivity index (χ3n) is 1.46. The first-order valence-corrected chi connectivity index (χ1v) is 3.46. The molecular formula is C6H7ClF2O3. The maximum absolute atomic E-state index is 12.0. The molecule has 0 saturated carbocycles. The lowest BCUT2D eigenvalue weighted by Gasteiger charge is -2.14. The molecule has 0 aromatic heterocycles. The average molecular weight is 201 g/mol. The van der Waals surface area contributed by atoms with Crippen molar-refractivity contribution in [3.63, 3.8) is 0 Å². The molecule has 2 atom stereocenters. The van der Waals surface area contributed by atoms with Crippen molar-refractivity contribution in [3.05, 3.63) is 0 Å². The maximum Gasteiger partial charge on any atom is 0.307 e. The van der Waals surface area contributed by atoms with Crippen molar-refractivity contribution in [1.82, 2.24) is 0 Å². The molecule has 0 aliphatic carbocycles. The van der Waals surface area contributed by atoms with E-state index < -0.39 is 29.5 Å². The van der Waals surface area contributed by atoms with E-state index in [0.29, 0.717) is 0 Å². The van der Waals surface area contributed by atoms with Crippen LogP contribution in [0.4, 0.5) is 8.78 Å². The van der Waals surface area contributed by atoms with E-state index in [0.717, 1.165) is 6.92 Å². The molecule has 0 heterocycles. The zero-order valence-electron chi connectivity index (χ0n) is 6.13. The van der Waals surface area contributed by atoms with Gasteiger partial charge in [-0.15, -0.1) is 0 Å². The van der Waals surface area contributed by atoms with Crippen LogP contribution in [-0.4, -0.2) is 22.7 Å². The molecule has 12 heavy (non-hydrogen) atoms. The third kappa shape index (κ3) is 2.73. The number of rotatable bonds is 4. The first-order valence-electron chi connectivity index (χ1n) is 3.08. The van der Waals surface area contributed by atoms with Crippen LogP contribution in [-0.2, 0) is 9.59 Å². The minimum Gasteiger partial charge on any atom is -0.481 e. The Kier molecular flexibility index (Phi) is 4.09. The van der Waals surface area contributed by atoms with Crippen LogP contribution in [0.1, 0.15) is 6.92 Å². The lowest BCUT2D eigenvalue weighted by Crippen LogP contribution is -2.30. The number of hydrogen-bond donors (Lipinski definition) is 1. The molecule has 2 unspecified atom stereocenters. The smallest absolute Gasteiger partial charge is 0.307 e. The largest absolute Gasteiger partial charge is 0.481 e. The van der Waals surface area contributed by atoms with Gasteiger partial charge < -0.3 is 5.11 Å². The van der Waals surface area contributed by atoms with Gasteiger partial charge in [0.2, 0.25) is 11.7 Å². The number of carboxylic acids is 1. The molecule has 0 aliphatic rings. The summed E-state index contributed by atoms with van der Waals surface area (Å²) in [5, 5.41) is 6.99. The second-order valence-electron chi connectivity index (χ2n) is 2.29. The van der Waals surface area contributed by atoms with Gasteiger partial charge in [-0.3, -0.25) is 9.59 Å². The van der Waals surface area contributed by atoms with Crippen LogP contribution in [0.25, 0.3) is 0 Å². The van der Waals surface area contributed by atoms with Crippen LogP contribution in [0, 0.1) is 11.8 Å². The zero-order valence-corrected chi connectivity index (χ0v) is 6.89. The van der Waals surface area contributed by atoms with Crippen molar-refractivity contribution in [2.24, 2.45) is 11.8 Å². The Morgan fingerprint density at radius 3 is 1.92 bits per heavy atom. The topological polar surface area (TPSA) is 54.4 Å². The summed E-state index contributed by atoms with van der Waals surface area (Å²) in [5.74, 6) is -4.85. The molecule has 0 saturated heterocycles. The molecule has 0 aromatic rings. The number of alkyl halides is 2. The van der Waals surface area contributed by atoms with E-state index in [1.54, 1.807) is 0 Å². The van der Waals surface area contributed by atoms with Crippen LogP contribution < -0.4 is 0 Å². The van der Waals surface area contributed by atoms with Gasteiger partial charge in [0.1, 0.15) is 5.92 Å². The summed E-state index contributed by atoms with van der Waals surface area (Å²) >= 11 is 4.80. The second-order valence-corrected chi connectivity index (χ2v) is 2.66. The number of carbonyl (C=O) groups is 2. The summed E-state index contributed by atoms with van der Waals surface area (Å²) in [7, 11) is 0. The van der Waals surface area contributed by atoms with E-state index in [4.69, 9.17) is 16.7 Å². The normalized spacial score (nSPS) is 15.8. The monoisotopic (exact) mass is 200 g/mol. The highest BCUT2D eigenvalue weighted by Crippen LogP contribution is 2.22. The fraction of sp³-hybridized carbons (Fsp3) is 0.667. The van der Waals surface area contributed by atoms with E-state index in [-0.39, 0.29) is 0 Å². The van der Waals surface area contributed by atoms with Gasteiger partial charge in [-0.2, -0.15) is 0 Å². The fourth-order valence-corrected chi connectivity index (χ4v) is 0.952. The Morgan fingerprint density at radius 2 is 1.83 bits per heavy atom. The lowest BCUT2D eigenvalue weighted by molar-refractivity contribution is -0.148. The Labute approximate surface area is 72.3 Å². The first-order chi connectivity index (χ1) is 5.37. The molecular weight excluding hydrogens is 194 g/mol. The SMILES string of the molecule is CC(C(=O)O)C(C(=O)Cl)C(F)F. The highest BCUT2D eigenvalue weighted by molar-refractivity contribution is 6.64. The summed E-state index contributed by atoms with van der Waals surface area (Å²) in [6.45, 7) is 1.01. The van der Waals surface area contributed by atoms with Crippen LogP contribution >= 0.6 is 11.6 Å². The van der Waals surface area contributed by atoms with Gasteiger partial charge in [0.25, 0.3) is 0 Å². The molecule has 0 radical (unpaired) electrons. The van der Waals surface area contributed by atoms with E-state index in [1.807, 2.05) is 0 Å². The summed E-state index contributed by atoms with van der Waals surface area (Å²) in [6.07, 6.45) is -3.04. The summed E-state index contributed by atoms with van der Waals surface area (Å²) in [6, 6.07) is 0. The molecule has 0 bridgehead atoms. The summed E-state index contributed by atoms with van der Waals surface area (Å²) in [4.78, 5) is 20.6. The van der Waals surface area contributed by atoms with Gasteiger partial charge in [0.15, 0.2) is 0 Å². The third-order valence-corrected chi connectivity index (χ3v) is 1.71. The number of halogens is 3. The van der Waals surface area contributed by atoms with Crippen molar-refractivity contribution in [1.29, 1.82) is 0 Å². The molecule has 0 amide bonds. The molecule has 70 valence electrons. The standard InChI is InChI=1S/C6H7ClF2O3/c1-2(6(11)12)3(4(7)10)5(8)9/h2-3,5H,1H3,(H,11,12). The maximum atomic E-state index is 12.0. The van der Waals surface area contributed by atoms with Gasteiger partial charge in [0.05, 0.1) is 5.92 Å². The van der Waals surface area contributed by atoms with Crippen LogP contribution in [0.5, 0.6) is 0 Å². The minimum absolute atomic E-state index is 1.01. The van der Waals surface area contributed by atoms with Crippen LogP contribution in [0.15, 0.2) is 0 Å². The van der Waals surface area contributed by atoms with E-state index in [2.05, 4.69) is 0 Å². The quantitative estimate of drug-likeness (QED) is 0.697. The van der Waals surface area contributed by atoms with Crippen molar-refractivity contribution in [2.75, 3.05) is 0 Å². The summed E-state index contributed by atoms with van der Waals surface area (Å²) < 4.78 is 24.0. The predicted octanol–water partition coefficient (Wildman–Crippen LogP) is 1.35. The number of hydrogen-bond acceptors (Lipinski definition) is 2. The predicted molar refractivity (Wildman–Crippen MR) is 37.2 cm³/mol. The van der Waals surface area contributed by atoms with Gasteiger partial charge in [-0.1, -0.05) is 6.92 Å². The van der Waals surface area contributed by atoms with Crippen molar-refractivity contribution in [3.8, 4) is 0 Å². The molecule has 0 fully saturated rings. The van der Waals surface area contributed by atoms with Crippen molar-refractivity contribution < 1.29 is 23.5 Å². The zero-order chi connectivity index (χ0) is 9.89. The number of carboxylic acid groups (broad SMARTS) is 1. The molecule has 6 heteroatoms. The molecule has 0 rings (SSSR count). The van der Waals surface area contributed by atoms with E-state index >= 15 is 0 Å². The van der Waals surface area contributed by atoms with Crippen molar-refractivity contribution in [2.45, 2.75) is 13.3 Å². The Morgan fingerprint density at radius 1 is 1.42 bits per heavy atom. The molecule has 3 nitrogen and oxygen atoms in total. The molecule has 0 aromatic carbocycles. The fourth-order valence-electron chi connectivity index (χ4n) is 0.667. The van der Waals surface area contributed by atoms with Crippen LogP contribution in [0.3, 0.4) is 0 Å². The highest BCUT2D eigenvalue weighted by atomic mass is 35.5. The number of carbonyl (C=O) groups excluding carboxylic acids is 1. The van der Waals surface area contributed by atoms with Gasteiger partial charge in [0, 0.05) is 0 Å². The van der Waals surface area contributed by atoms with E-state index in [9.17, 15) is 18.4 Å². The average Bonchev–Trinajstić information content (AvgIpc) is 1.85. The Bertz CT molecular complexity index is 195. The summed E-state index contributed by atoms with van der Waals surface area (Å²) in [5.41, 5.74) is 0. The number of aliphatic carboxylic acids is 1. The Balaban J connectivity index is 4.51. The first kappa shape index (κ1) is 11.3. The van der Waals surface area contributed by atoms with Gasteiger partial charge >= 0.3 is 5.97 Å².